The molecule has 0 spiro atoms. The molecule has 0 saturated carbocycles. The fraction of sp³-hybridized carbons (Fsp3) is 0.857. The summed E-state index contributed by atoms with van der Waals surface area (Å²) >= 11 is 0. The summed E-state index contributed by atoms with van der Waals surface area (Å²) in [6, 6.07) is 6.36. The van der Waals surface area contributed by atoms with E-state index in [0.29, 0.717) is 5.75 Å². The quantitative estimate of drug-likeness (QED) is 0.0769. The van der Waals surface area contributed by atoms with Crippen LogP contribution in [0.2, 0.25) is 0 Å². The van der Waals surface area contributed by atoms with Crippen LogP contribution in [0.15, 0.2) is 18.2 Å². The Morgan fingerprint density at radius 3 is 1.00 bits per heavy atom. The lowest BCUT2D eigenvalue weighted by Gasteiger charge is -2.33. The topological polar surface area (TPSA) is 26.7 Å². The number of phenolic OH excluding ortho intramolecular Hbond substituents is 1. The van der Waals surface area contributed by atoms with E-state index < -0.39 is 0 Å². The predicted molar refractivity (Wildman–Crippen MR) is 205 cm³/mol. The maximum absolute atomic E-state index is 11.4. The van der Waals surface area contributed by atoms with Crippen molar-refractivity contribution >= 4 is 11.4 Å². The summed E-state index contributed by atoms with van der Waals surface area (Å²) in [7, 11) is 0. The Labute approximate surface area is 283 Å². The second kappa shape index (κ2) is 31.2. The highest BCUT2D eigenvalue weighted by molar-refractivity contribution is 5.77. The molecular weight excluding hydrogens is 548 g/mol. The molecule has 1 rings (SSSR count). The van der Waals surface area contributed by atoms with Crippen LogP contribution in [0, 0.1) is 0 Å². The second-order valence-electron chi connectivity index (χ2n) is 14.1. The molecule has 1 aromatic rings. The summed E-state index contributed by atoms with van der Waals surface area (Å²) in [5, 5.41) is 11.4. The van der Waals surface area contributed by atoms with Crippen LogP contribution in [0.5, 0.6) is 5.75 Å². The van der Waals surface area contributed by atoms with Crippen molar-refractivity contribution in [3.63, 3.8) is 0 Å². The molecule has 0 aliphatic carbocycles. The summed E-state index contributed by atoms with van der Waals surface area (Å²) in [5.74, 6) is 0.488. The number of benzene rings is 1. The van der Waals surface area contributed by atoms with Crippen molar-refractivity contribution in [2.75, 3.05) is 36.0 Å². The number of hydrogen-bond donors (Lipinski definition) is 1. The first-order valence-corrected chi connectivity index (χ1v) is 20.5. The van der Waals surface area contributed by atoms with Crippen molar-refractivity contribution in [1.82, 2.24) is 0 Å². The van der Waals surface area contributed by atoms with Gasteiger partial charge in [0, 0.05) is 26.2 Å². The van der Waals surface area contributed by atoms with E-state index in [1.54, 1.807) is 0 Å². The van der Waals surface area contributed by atoms with Gasteiger partial charge < -0.3 is 14.9 Å². The smallest absolute Gasteiger partial charge is 0.141 e. The molecule has 3 heteroatoms. The molecular formula is C42H80N2O. The van der Waals surface area contributed by atoms with Crippen molar-refractivity contribution in [2.45, 2.75) is 207 Å². The number of nitrogens with zero attached hydrogens (tertiary/aromatic N) is 2. The minimum atomic E-state index is 0.488. The van der Waals surface area contributed by atoms with Gasteiger partial charge in [0.2, 0.25) is 0 Å². The standard InChI is InChI=1S/C42H80N2O/c1-5-9-13-17-21-25-29-36-43(37-30-26-22-18-14-10-6-2)40-34-33-35-41(45)42(40)44(38-31-27-23-19-15-11-7-3)39-32-28-24-20-16-12-8-4/h33-35,45H,5-32,36-39H2,1-4H3. The van der Waals surface area contributed by atoms with Gasteiger partial charge in [0.1, 0.15) is 11.4 Å². The third-order valence-electron chi connectivity index (χ3n) is 9.78. The minimum absolute atomic E-state index is 0.488. The lowest BCUT2D eigenvalue weighted by Crippen LogP contribution is -2.31. The van der Waals surface area contributed by atoms with E-state index >= 15 is 0 Å². The summed E-state index contributed by atoms with van der Waals surface area (Å²) in [6.45, 7) is 13.6. The molecule has 0 fully saturated rings. The molecule has 45 heavy (non-hydrogen) atoms. The van der Waals surface area contributed by atoms with Crippen LogP contribution >= 0.6 is 0 Å². The number of aromatic hydroxyl groups is 1. The first kappa shape index (κ1) is 41.6. The Morgan fingerprint density at radius 2 is 0.667 bits per heavy atom. The van der Waals surface area contributed by atoms with E-state index in [1.807, 2.05) is 6.07 Å². The van der Waals surface area contributed by atoms with Crippen LogP contribution < -0.4 is 9.80 Å². The van der Waals surface area contributed by atoms with Gasteiger partial charge in [0.15, 0.2) is 0 Å². The lowest BCUT2D eigenvalue weighted by molar-refractivity contribution is 0.471. The van der Waals surface area contributed by atoms with Crippen LogP contribution in [0.4, 0.5) is 11.4 Å². The van der Waals surface area contributed by atoms with Crippen molar-refractivity contribution in [3.05, 3.63) is 18.2 Å². The van der Waals surface area contributed by atoms with Gasteiger partial charge in [-0.05, 0) is 37.8 Å². The van der Waals surface area contributed by atoms with Crippen molar-refractivity contribution < 1.29 is 5.11 Å². The molecule has 0 radical (unpaired) electrons. The lowest BCUT2D eigenvalue weighted by atomic mass is 10.1. The highest BCUT2D eigenvalue weighted by Crippen LogP contribution is 2.39. The number of anilines is 2. The maximum atomic E-state index is 11.4. The van der Waals surface area contributed by atoms with Gasteiger partial charge in [-0.15, -0.1) is 0 Å². The Balaban J connectivity index is 2.98. The average molecular weight is 629 g/mol. The molecule has 0 heterocycles. The largest absolute Gasteiger partial charge is 0.506 e. The minimum Gasteiger partial charge on any atom is -0.506 e. The molecule has 3 nitrogen and oxygen atoms in total. The molecule has 0 unspecified atom stereocenters. The number of unbranched alkanes of at least 4 members (excludes halogenated alkanes) is 24. The third kappa shape index (κ3) is 21.9. The molecule has 0 amide bonds. The van der Waals surface area contributed by atoms with E-state index in [9.17, 15) is 5.11 Å². The Morgan fingerprint density at radius 1 is 0.378 bits per heavy atom. The zero-order valence-electron chi connectivity index (χ0n) is 31.2. The summed E-state index contributed by atoms with van der Waals surface area (Å²) in [6.07, 6.45) is 37.5. The monoisotopic (exact) mass is 629 g/mol. The van der Waals surface area contributed by atoms with Crippen LogP contribution in [0.3, 0.4) is 0 Å². The van der Waals surface area contributed by atoms with E-state index in [2.05, 4.69) is 49.6 Å². The Bertz CT molecular complexity index is 714. The fourth-order valence-electron chi connectivity index (χ4n) is 6.83. The number of para-hydroxylation sites is 1. The summed E-state index contributed by atoms with van der Waals surface area (Å²) in [5.41, 5.74) is 2.42. The van der Waals surface area contributed by atoms with E-state index in [1.165, 1.54) is 185 Å². The molecule has 0 saturated heterocycles. The molecule has 0 aliphatic rings. The number of hydrogen-bond acceptors (Lipinski definition) is 3. The first-order valence-electron chi connectivity index (χ1n) is 20.5. The van der Waals surface area contributed by atoms with Gasteiger partial charge in [-0.1, -0.05) is 188 Å². The van der Waals surface area contributed by atoms with Crippen molar-refractivity contribution in [1.29, 1.82) is 0 Å². The molecule has 1 aromatic carbocycles. The Hall–Kier alpha value is -1.38. The van der Waals surface area contributed by atoms with Crippen molar-refractivity contribution in [2.24, 2.45) is 0 Å². The van der Waals surface area contributed by atoms with Gasteiger partial charge in [0.25, 0.3) is 0 Å². The summed E-state index contributed by atoms with van der Waals surface area (Å²) < 4.78 is 0. The predicted octanol–water partition coefficient (Wildman–Crippen LogP) is 14.0. The van der Waals surface area contributed by atoms with Crippen LogP contribution in [0.25, 0.3) is 0 Å². The van der Waals surface area contributed by atoms with E-state index in [-0.39, 0.29) is 0 Å². The van der Waals surface area contributed by atoms with Gasteiger partial charge in [0.05, 0.1) is 5.69 Å². The van der Waals surface area contributed by atoms with Gasteiger partial charge >= 0.3 is 0 Å². The van der Waals surface area contributed by atoms with Gasteiger partial charge in [-0.25, -0.2) is 0 Å². The fourth-order valence-corrected chi connectivity index (χ4v) is 6.83. The van der Waals surface area contributed by atoms with Gasteiger partial charge in [-0.3, -0.25) is 0 Å². The second-order valence-corrected chi connectivity index (χ2v) is 14.1. The average Bonchev–Trinajstić information content (AvgIpc) is 3.04. The zero-order chi connectivity index (χ0) is 32.6. The molecule has 0 aliphatic heterocycles. The van der Waals surface area contributed by atoms with Crippen molar-refractivity contribution in [3.8, 4) is 5.75 Å². The van der Waals surface area contributed by atoms with E-state index in [0.717, 1.165) is 31.9 Å². The maximum Gasteiger partial charge on any atom is 0.141 e. The number of phenols is 1. The highest BCUT2D eigenvalue weighted by atomic mass is 16.3. The molecule has 264 valence electrons. The Kier molecular flexibility index (Phi) is 28.9. The molecule has 0 aromatic heterocycles. The first-order chi connectivity index (χ1) is 22.2. The van der Waals surface area contributed by atoms with E-state index in [4.69, 9.17) is 0 Å². The highest BCUT2D eigenvalue weighted by Gasteiger charge is 2.20. The SMILES string of the molecule is CCCCCCCCCN(CCCCCCCCC)c1cccc(O)c1N(CCCCCCCCC)CCCCCCCCC. The van der Waals surface area contributed by atoms with Crippen LogP contribution in [0.1, 0.15) is 207 Å². The van der Waals surface area contributed by atoms with Crippen LogP contribution in [-0.2, 0) is 0 Å². The molecule has 0 atom stereocenters. The number of rotatable bonds is 34. The van der Waals surface area contributed by atoms with Gasteiger partial charge in [-0.2, -0.15) is 0 Å². The summed E-state index contributed by atoms with van der Waals surface area (Å²) in [4.78, 5) is 5.25. The molecule has 0 bridgehead atoms. The third-order valence-corrected chi connectivity index (χ3v) is 9.78. The van der Waals surface area contributed by atoms with Crippen LogP contribution in [-0.4, -0.2) is 31.3 Å². The molecule has 1 N–H and O–H groups in total. The normalized spacial score (nSPS) is 11.4. The zero-order valence-corrected chi connectivity index (χ0v) is 31.2.